The number of rotatable bonds is 8. The number of carbonyl (C=O) groups is 2. The predicted octanol–water partition coefficient (Wildman–Crippen LogP) is 5.76. The fraction of sp³-hybridized carbons (Fsp3) is 0.241. The molecule has 0 saturated heterocycles. The van der Waals surface area contributed by atoms with E-state index in [4.69, 9.17) is 9.84 Å². The molecule has 174 valence electrons. The second-order valence-electron chi connectivity index (χ2n) is 9.04. The lowest BCUT2D eigenvalue weighted by molar-refractivity contribution is -0.142. The molecule has 0 aliphatic heterocycles. The maximum Gasteiger partial charge on any atom is 0.329 e. The molecule has 0 atom stereocenters. The Morgan fingerprint density at radius 2 is 1.62 bits per heavy atom. The van der Waals surface area contributed by atoms with Crippen molar-refractivity contribution in [1.82, 2.24) is 4.57 Å². The number of benzene rings is 3. The first-order chi connectivity index (χ1) is 16.2. The monoisotopic (exact) mass is 455 g/mol. The number of hydrogen-bond acceptors (Lipinski definition) is 3. The highest BCUT2D eigenvalue weighted by Gasteiger charge is 2.18. The van der Waals surface area contributed by atoms with Gasteiger partial charge in [0.15, 0.2) is 5.78 Å². The van der Waals surface area contributed by atoms with Gasteiger partial charge in [0.1, 0.15) is 6.61 Å². The molecule has 4 rings (SSSR count). The van der Waals surface area contributed by atoms with Crippen LogP contribution in [0.15, 0.2) is 60.8 Å². The molecule has 0 radical (unpaired) electrons. The van der Waals surface area contributed by atoms with Crippen LogP contribution in [0.25, 0.3) is 10.9 Å². The molecule has 1 N–H and O–H groups in total. The van der Waals surface area contributed by atoms with E-state index in [1.165, 1.54) is 0 Å². The Balaban J connectivity index is 1.71. The standard InChI is InChI=1S/C29H29NO4/c1-18-5-8-25-26(29(33)23-10-19(2)9-20(3)11-23)15-30(27(25)12-18)14-22-7-6-21(4)24(13-22)16-34-17-28(31)32/h5-13,15H,14,16-17H2,1-4H3,(H,31,32). The Labute approximate surface area is 199 Å². The van der Waals surface area contributed by atoms with E-state index >= 15 is 0 Å². The van der Waals surface area contributed by atoms with Crippen LogP contribution in [0.2, 0.25) is 0 Å². The van der Waals surface area contributed by atoms with Crippen molar-refractivity contribution in [3.05, 3.63) is 105 Å². The van der Waals surface area contributed by atoms with E-state index in [2.05, 4.69) is 22.8 Å². The second kappa shape index (κ2) is 9.65. The van der Waals surface area contributed by atoms with Gasteiger partial charge in [0.05, 0.1) is 6.61 Å². The van der Waals surface area contributed by atoms with Gasteiger partial charge in [-0.25, -0.2) is 4.79 Å². The van der Waals surface area contributed by atoms with Crippen molar-refractivity contribution >= 4 is 22.7 Å². The van der Waals surface area contributed by atoms with Gasteiger partial charge >= 0.3 is 5.97 Å². The molecule has 0 aliphatic carbocycles. The molecule has 0 aliphatic rings. The van der Waals surface area contributed by atoms with Crippen LogP contribution >= 0.6 is 0 Å². The summed E-state index contributed by atoms with van der Waals surface area (Å²) >= 11 is 0. The molecule has 0 amide bonds. The fourth-order valence-corrected chi connectivity index (χ4v) is 4.40. The van der Waals surface area contributed by atoms with Crippen molar-refractivity contribution in [2.45, 2.75) is 40.8 Å². The molecule has 4 aromatic rings. The van der Waals surface area contributed by atoms with Crippen molar-refractivity contribution in [3.8, 4) is 0 Å². The third-order valence-electron chi connectivity index (χ3n) is 6.02. The number of fused-ring (bicyclic) bond motifs is 1. The minimum absolute atomic E-state index is 0.0195. The molecule has 34 heavy (non-hydrogen) atoms. The maximum absolute atomic E-state index is 13.5. The molecule has 0 spiro atoms. The highest BCUT2D eigenvalue weighted by molar-refractivity contribution is 6.16. The van der Waals surface area contributed by atoms with E-state index in [1.54, 1.807) is 0 Å². The molecule has 0 unspecified atom stereocenters. The topological polar surface area (TPSA) is 68.5 Å². The van der Waals surface area contributed by atoms with E-state index in [0.717, 1.165) is 44.3 Å². The first kappa shape index (κ1) is 23.5. The third kappa shape index (κ3) is 5.10. The first-order valence-corrected chi connectivity index (χ1v) is 11.3. The number of nitrogens with zero attached hydrogens (tertiary/aromatic N) is 1. The summed E-state index contributed by atoms with van der Waals surface area (Å²) < 4.78 is 7.42. The lowest BCUT2D eigenvalue weighted by Gasteiger charge is -2.11. The Morgan fingerprint density at radius 3 is 2.32 bits per heavy atom. The predicted molar refractivity (Wildman–Crippen MR) is 134 cm³/mol. The molecule has 5 nitrogen and oxygen atoms in total. The van der Waals surface area contributed by atoms with Crippen molar-refractivity contribution < 1.29 is 19.4 Å². The Hall–Kier alpha value is -3.70. The smallest absolute Gasteiger partial charge is 0.329 e. The summed E-state index contributed by atoms with van der Waals surface area (Å²) in [5.74, 6) is -0.963. The zero-order chi connectivity index (χ0) is 24.4. The Morgan fingerprint density at radius 1 is 0.882 bits per heavy atom. The molecule has 0 bridgehead atoms. The van der Waals surface area contributed by atoms with Gasteiger partial charge in [-0.05, 0) is 68.1 Å². The van der Waals surface area contributed by atoms with Crippen molar-refractivity contribution in [2.24, 2.45) is 0 Å². The molecular weight excluding hydrogens is 426 g/mol. The summed E-state index contributed by atoms with van der Waals surface area (Å²) in [6, 6.07) is 18.2. The fourth-order valence-electron chi connectivity index (χ4n) is 4.40. The Bertz CT molecular complexity index is 1380. The van der Waals surface area contributed by atoms with Crippen molar-refractivity contribution in [3.63, 3.8) is 0 Å². The summed E-state index contributed by atoms with van der Waals surface area (Å²) in [5.41, 5.74) is 8.73. The van der Waals surface area contributed by atoms with Crippen LogP contribution < -0.4 is 0 Å². The van der Waals surface area contributed by atoms with Crippen LogP contribution in [-0.2, 0) is 22.7 Å². The van der Waals surface area contributed by atoms with Crippen molar-refractivity contribution in [1.29, 1.82) is 0 Å². The van der Waals surface area contributed by atoms with Gasteiger partial charge in [0.25, 0.3) is 0 Å². The zero-order valence-corrected chi connectivity index (χ0v) is 20.0. The Kier molecular flexibility index (Phi) is 6.66. The summed E-state index contributed by atoms with van der Waals surface area (Å²) in [4.78, 5) is 24.3. The highest BCUT2D eigenvalue weighted by atomic mass is 16.5. The van der Waals surface area contributed by atoms with Gasteiger partial charge in [-0.15, -0.1) is 0 Å². The number of aryl methyl sites for hydroxylation is 4. The minimum atomic E-state index is -0.982. The SMILES string of the molecule is Cc1cc(C)cc(C(=O)c2cn(Cc3ccc(C)c(COCC(=O)O)c3)c3cc(C)ccc23)c1. The van der Waals surface area contributed by atoms with E-state index in [-0.39, 0.29) is 19.0 Å². The van der Waals surface area contributed by atoms with Gasteiger partial charge < -0.3 is 14.4 Å². The van der Waals surface area contributed by atoms with Gasteiger partial charge in [0.2, 0.25) is 0 Å². The molecule has 1 aromatic heterocycles. The quantitative estimate of drug-likeness (QED) is 0.343. The second-order valence-corrected chi connectivity index (χ2v) is 9.04. The van der Waals surface area contributed by atoms with Crippen molar-refractivity contribution in [2.75, 3.05) is 6.61 Å². The highest BCUT2D eigenvalue weighted by Crippen LogP contribution is 2.27. The van der Waals surface area contributed by atoms with Crippen LogP contribution in [0, 0.1) is 27.7 Å². The number of carboxylic acid groups (broad SMARTS) is 1. The number of carboxylic acids is 1. The number of ketones is 1. The average molecular weight is 456 g/mol. The number of aliphatic carboxylic acids is 1. The molecule has 0 fully saturated rings. The van der Waals surface area contributed by atoms with Crippen LogP contribution in [0.4, 0.5) is 0 Å². The third-order valence-corrected chi connectivity index (χ3v) is 6.02. The number of hydrogen-bond donors (Lipinski definition) is 1. The molecule has 5 heteroatoms. The normalized spacial score (nSPS) is 11.2. The summed E-state index contributed by atoms with van der Waals surface area (Å²) in [6.07, 6.45) is 1.95. The molecule has 3 aromatic carbocycles. The van der Waals surface area contributed by atoms with Crippen LogP contribution in [0.5, 0.6) is 0 Å². The van der Waals surface area contributed by atoms with Gasteiger partial charge in [0, 0.05) is 34.8 Å². The first-order valence-electron chi connectivity index (χ1n) is 11.3. The lowest BCUT2D eigenvalue weighted by atomic mass is 9.99. The minimum Gasteiger partial charge on any atom is -0.480 e. The van der Waals surface area contributed by atoms with E-state index in [1.807, 2.05) is 70.3 Å². The lowest BCUT2D eigenvalue weighted by Crippen LogP contribution is -2.08. The summed E-state index contributed by atoms with van der Waals surface area (Å²) in [7, 11) is 0. The van der Waals surface area contributed by atoms with Gasteiger partial charge in [-0.2, -0.15) is 0 Å². The van der Waals surface area contributed by atoms with E-state index < -0.39 is 5.97 Å². The van der Waals surface area contributed by atoms with Gasteiger partial charge in [-0.1, -0.05) is 47.5 Å². The van der Waals surface area contributed by atoms with Crippen LogP contribution in [0.3, 0.4) is 0 Å². The molecule has 0 saturated carbocycles. The molecule has 1 heterocycles. The maximum atomic E-state index is 13.5. The van der Waals surface area contributed by atoms with E-state index in [9.17, 15) is 9.59 Å². The zero-order valence-electron chi connectivity index (χ0n) is 20.0. The number of aromatic nitrogens is 1. The number of ether oxygens (including phenoxy) is 1. The summed E-state index contributed by atoms with van der Waals surface area (Å²) in [5, 5.41) is 9.77. The van der Waals surface area contributed by atoms with Crippen LogP contribution in [0.1, 0.15) is 49.3 Å². The van der Waals surface area contributed by atoms with Gasteiger partial charge in [-0.3, -0.25) is 4.79 Å². The van der Waals surface area contributed by atoms with E-state index in [0.29, 0.717) is 17.7 Å². The van der Waals surface area contributed by atoms with Crippen LogP contribution in [-0.4, -0.2) is 28.0 Å². The molecular formula is C29H29NO4. The number of carbonyl (C=O) groups excluding carboxylic acids is 1. The largest absolute Gasteiger partial charge is 0.480 e. The average Bonchev–Trinajstić information content (AvgIpc) is 3.11. The summed E-state index contributed by atoms with van der Waals surface area (Å²) in [6.45, 7) is 8.55.